The van der Waals surface area contributed by atoms with E-state index in [0.29, 0.717) is 41.2 Å². The molecule has 2 aromatic heterocycles. The summed E-state index contributed by atoms with van der Waals surface area (Å²) in [6.45, 7) is 2.82. The molecule has 0 atom stereocenters. The van der Waals surface area contributed by atoms with E-state index in [1.807, 2.05) is 6.07 Å². The summed E-state index contributed by atoms with van der Waals surface area (Å²) in [5.41, 5.74) is 8.20. The first-order valence-electron chi connectivity index (χ1n) is 7.62. The van der Waals surface area contributed by atoms with Crippen LogP contribution in [-0.4, -0.2) is 27.5 Å². The summed E-state index contributed by atoms with van der Waals surface area (Å²) in [6.07, 6.45) is 0.645. The number of nitrogen functional groups attached to an aromatic ring is 1. The van der Waals surface area contributed by atoms with Gasteiger partial charge in [-0.3, -0.25) is 4.79 Å². The number of aromatic nitrogens is 2. The molecule has 0 saturated heterocycles. The molecule has 0 fully saturated rings. The number of fused-ring (bicyclic) bond motifs is 2. The number of thiophene rings is 1. The number of rotatable bonds is 1. The van der Waals surface area contributed by atoms with Gasteiger partial charge in [0, 0.05) is 29.6 Å². The maximum absolute atomic E-state index is 14.1. The summed E-state index contributed by atoms with van der Waals surface area (Å²) in [5, 5.41) is 8.49. The van der Waals surface area contributed by atoms with E-state index < -0.39 is 0 Å². The zero-order valence-corrected chi connectivity index (χ0v) is 13.9. The molecule has 7 heteroatoms. The molecule has 0 aliphatic carbocycles. The van der Waals surface area contributed by atoms with Crippen molar-refractivity contribution in [2.45, 2.75) is 19.9 Å². The van der Waals surface area contributed by atoms with Crippen molar-refractivity contribution in [1.29, 1.82) is 0 Å². The number of nitrogens with two attached hydrogens (primary N) is 1. The van der Waals surface area contributed by atoms with Gasteiger partial charge >= 0.3 is 0 Å². The molecule has 5 nitrogen and oxygen atoms in total. The van der Waals surface area contributed by atoms with Crippen LogP contribution in [0.5, 0.6) is 0 Å². The van der Waals surface area contributed by atoms with Crippen molar-refractivity contribution in [2.24, 2.45) is 0 Å². The molecule has 3 aromatic rings. The SMILES string of the molecule is Cc1c(C(=O)N2CCc3nnc(N)cc3C2)sc2cccc(F)c12. The highest BCUT2D eigenvalue weighted by atomic mass is 32.1. The minimum Gasteiger partial charge on any atom is -0.382 e. The van der Waals surface area contributed by atoms with Crippen molar-refractivity contribution >= 4 is 33.1 Å². The number of aryl methyl sites for hydroxylation is 1. The molecule has 0 saturated carbocycles. The van der Waals surface area contributed by atoms with Crippen molar-refractivity contribution in [1.82, 2.24) is 15.1 Å². The van der Waals surface area contributed by atoms with Crippen LogP contribution in [0.2, 0.25) is 0 Å². The van der Waals surface area contributed by atoms with Crippen LogP contribution in [0, 0.1) is 12.7 Å². The summed E-state index contributed by atoms with van der Waals surface area (Å²) >= 11 is 1.34. The highest BCUT2D eigenvalue weighted by Gasteiger charge is 2.26. The zero-order valence-electron chi connectivity index (χ0n) is 13.0. The lowest BCUT2D eigenvalue weighted by molar-refractivity contribution is 0.0737. The maximum atomic E-state index is 14.1. The van der Waals surface area contributed by atoms with Gasteiger partial charge in [0.15, 0.2) is 0 Å². The van der Waals surface area contributed by atoms with E-state index in [1.54, 1.807) is 24.0 Å². The smallest absolute Gasteiger partial charge is 0.264 e. The summed E-state index contributed by atoms with van der Waals surface area (Å²) in [7, 11) is 0. The Kier molecular flexibility index (Phi) is 3.45. The molecule has 0 radical (unpaired) electrons. The van der Waals surface area contributed by atoms with Crippen molar-refractivity contribution < 1.29 is 9.18 Å². The number of halogens is 1. The second-order valence-electron chi connectivity index (χ2n) is 5.89. The number of benzene rings is 1. The predicted molar refractivity (Wildman–Crippen MR) is 91.4 cm³/mol. The number of nitrogens with zero attached hydrogens (tertiary/aromatic N) is 3. The lowest BCUT2D eigenvalue weighted by Gasteiger charge is -2.27. The summed E-state index contributed by atoms with van der Waals surface area (Å²) in [5.74, 6) is -0.00960. The van der Waals surface area contributed by atoms with E-state index in [9.17, 15) is 9.18 Å². The van der Waals surface area contributed by atoms with Crippen molar-refractivity contribution in [3.05, 3.63) is 51.8 Å². The van der Waals surface area contributed by atoms with Crippen molar-refractivity contribution in [2.75, 3.05) is 12.3 Å². The Bertz CT molecular complexity index is 969. The van der Waals surface area contributed by atoms with Crippen LogP contribution in [0.25, 0.3) is 10.1 Å². The van der Waals surface area contributed by atoms with Crippen LogP contribution in [0.4, 0.5) is 10.2 Å². The Labute approximate surface area is 141 Å². The molecule has 122 valence electrons. The molecular formula is C17H15FN4OS. The number of anilines is 1. The molecule has 24 heavy (non-hydrogen) atoms. The zero-order chi connectivity index (χ0) is 16.8. The topological polar surface area (TPSA) is 72.1 Å². The Morgan fingerprint density at radius 2 is 2.21 bits per heavy atom. The molecule has 0 unspecified atom stereocenters. The second kappa shape index (κ2) is 5.52. The Morgan fingerprint density at radius 3 is 3.00 bits per heavy atom. The minimum atomic E-state index is -0.285. The van der Waals surface area contributed by atoms with Crippen LogP contribution in [0.3, 0.4) is 0 Å². The van der Waals surface area contributed by atoms with Gasteiger partial charge in [0.25, 0.3) is 5.91 Å². The molecule has 1 aliphatic heterocycles. The van der Waals surface area contributed by atoms with Gasteiger partial charge in [-0.2, -0.15) is 5.10 Å². The number of carbonyl (C=O) groups is 1. The van der Waals surface area contributed by atoms with Crippen LogP contribution in [0.1, 0.15) is 26.5 Å². The van der Waals surface area contributed by atoms with Gasteiger partial charge in [-0.05, 0) is 36.2 Å². The second-order valence-corrected chi connectivity index (χ2v) is 6.94. The van der Waals surface area contributed by atoms with Crippen LogP contribution in [-0.2, 0) is 13.0 Å². The largest absolute Gasteiger partial charge is 0.382 e. The van der Waals surface area contributed by atoms with Gasteiger partial charge in [0.05, 0.1) is 10.6 Å². The van der Waals surface area contributed by atoms with E-state index in [0.717, 1.165) is 16.0 Å². The molecule has 2 N–H and O–H groups in total. The third kappa shape index (κ3) is 2.32. The summed E-state index contributed by atoms with van der Waals surface area (Å²) in [4.78, 5) is 15.3. The highest BCUT2D eigenvalue weighted by Crippen LogP contribution is 2.34. The molecule has 1 aliphatic rings. The van der Waals surface area contributed by atoms with Gasteiger partial charge in [-0.1, -0.05) is 6.07 Å². The summed E-state index contributed by atoms with van der Waals surface area (Å²) in [6, 6.07) is 6.70. The fraction of sp³-hybridized carbons (Fsp3) is 0.235. The number of hydrogen-bond donors (Lipinski definition) is 1. The Morgan fingerprint density at radius 1 is 1.38 bits per heavy atom. The normalized spacial score (nSPS) is 14.0. The van der Waals surface area contributed by atoms with Crippen molar-refractivity contribution in [3.63, 3.8) is 0 Å². The summed E-state index contributed by atoms with van der Waals surface area (Å²) < 4.78 is 14.9. The first kappa shape index (κ1) is 15.0. The predicted octanol–water partition coefficient (Wildman–Crippen LogP) is 2.92. The van der Waals surface area contributed by atoms with Crippen LogP contribution < -0.4 is 5.73 Å². The molecule has 3 heterocycles. The Balaban J connectivity index is 1.70. The van der Waals surface area contributed by atoms with Gasteiger partial charge < -0.3 is 10.6 Å². The van der Waals surface area contributed by atoms with E-state index in [1.165, 1.54) is 17.4 Å². The Hall–Kier alpha value is -2.54. The monoisotopic (exact) mass is 342 g/mol. The van der Waals surface area contributed by atoms with Crippen LogP contribution in [0.15, 0.2) is 24.3 Å². The fourth-order valence-electron chi connectivity index (χ4n) is 3.12. The van der Waals surface area contributed by atoms with E-state index in [2.05, 4.69) is 10.2 Å². The van der Waals surface area contributed by atoms with Crippen molar-refractivity contribution in [3.8, 4) is 0 Å². The van der Waals surface area contributed by atoms with Gasteiger partial charge in [0.2, 0.25) is 0 Å². The first-order valence-corrected chi connectivity index (χ1v) is 8.44. The molecular weight excluding hydrogens is 327 g/mol. The first-order chi connectivity index (χ1) is 11.5. The third-order valence-corrected chi connectivity index (χ3v) is 5.59. The lowest BCUT2D eigenvalue weighted by Crippen LogP contribution is -2.36. The molecule has 0 spiro atoms. The number of hydrogen-bond acceptors (Lipinski definition) is 5. The van der Waals surface area contributed by atoms with E-state index >= 15 is 0 Å². The molecule has 0 bridgehead atoms. The molecule has 4 rings (SSSR count). The molecule has 1 amide bonds. The quantitative estimate of drug-likeness (QED) is 0.738. The molecule has 1 aromatic carbocycles. The standard InChI is InChI=1S/C17H15FN4OS/c1-9-15-11(18)3-2-4-13(15)24-16(9)17(23)22-6-5-12-10(8-22)7-14(19)21-20-12/h2-4,7H,5-6,8H2,1H3,(H2,19,21). The fourth-order valence-corrected chi connectivity index (χ4v) is 4.31. The van der Waals surface area contributed by atoms with Gasteiger partial charge in [0.1, 0.15) is 11.6 Å². The van der Waals surface area contributed by atoms with E-state index in [-0.39, 0.29) is 11.7 Å². The highest BCUT2D eigenvalue weighted by molar-refractivity contribution is 7.21. The average Bonchev–Trinajstić information content (AvgIpc) is 2.91. The van der Waals surface area contributed by atoms with E-state index in [4.69, 9.17) is 5.73 Å². The lowest BCUT2D eigenvalue weighted by atomic mass is 10.1. The number of carbonyl (C=O) groups excluding carboxylic acids is 1. The minimum absolute atomic E-state index is 0.0749. The number of amides is 1. The van der Waals surface area contributed by atoms with Gasteiger partial charge in [-0.15, -0.1) is 16.4 Å². The third-order valence-electron chi connectivity index (χ3n) is 4.34. The van der Waals surface area contributed by atoms with Gasteiger partial charge in [-0.25, -0.2) is 4.39 Å². The average molecular weight is 342 g/mol. The van der Waals surface area contributed by atoms with Crippen LogP contribution >= 0.6 is 11.3 Å². The maximum Gasteiger partial charge on any atom is 0.264 e.